The van der Waals surface area contributed by atoms with Gasteiger partial charge < -0.3 is 10.6 Å². The number of piperidine rings is 1. The highest BCUT2D eigenvalue weighted by Crippen LogP contribution is 2.29. The predicted octanol–water partition coefficient (Wildman–Crippen LogP) is 2.33. The summed E-state index contributed by atoms with van der Waals surface area (Å²) in [5.74, 6) is 0.519. The van der Waals surface area contributed by atoms with Gasteiger partial charge in [-0.3, -0.25) is 14.6 Å². The number of hydrogen-bond acceptors (Lipinski definition) is 4. The number of carbonyl (C=O) groups is 1. The van der Waals surface area contributed by atoms with Crippen molar-refractivity contribution in [1.82, 2.24) is 25.3 Å². The largest absolute Gasteiger partial charge is 0.317 e. The standard InChI is InChI=1S/C17H26N6O.ClH/c1-16(2,3)12-13-11-14(22-21-13)20-15(24)17(5-8-18-9-6-17)23-10-4-7-19-23;/h4,7,10-11,18H,5-6,8-9,12H2,1-3H3,(H2,20,21,22,24);1H. The predicted molar refractivity (Wildman–Crippen MR) is 99.9 cm³/mol. The number of hydrogen-bond donors (Lipinski definition) is 3. The van der Waals surface area contributed by atoms with Crippen molar-refractivity contribution in [3.8, 4) is 0 Å². The molecule has 0 aromatic carbocycles. The Kier molecular flexibility index (Phi) is 5.90. The van der Waals surface area contributed by atoms with Gasteiger partial charge in [0.1, 0.15) is 5.54 Å². The maximum Gasteiger partial charge on any atom is 0.253 e. The molecule has 1 fully saturated rings. The van der Waals surface area contributed by atoms with E-state index >= 15 is 0 Å². The zero-order valence-electron chi connectivity index (χ0n) is 15.0. The molecule has 0 spiro atoms. The maximum atomic E-state index is 13.0. The molecule has 0 saturated carbocycles. The fourth-order valence-electron chi connectivity index (χ4n) is 3.24. The van der Waals surface area contributed by atoms with Crippen molar-refractivity contribution in [2.75, 3.05) is 18.4 Å². The molecule has 7 nitrogen and oxygen atoms in total. The van der Waals surface area contributed by atoms with Crippen molar-refractivity contribution >= 4 is 24.1 Å². The van der Waals surface area contributed by atoms with Crippen LogP contribution < -0.4 is 10.6 Å². The molecule has 1 amide bonds. The smallest absolute Gasteiger partial charge is 0.253 e. The highest BCUT2D eigenvalue weighted by Gasteiger charge is 2.42. The Hall–Kier alpha value is -1.86. The molecule has 0 atom stereocenters. The summed E-state index contributed by atoms with van der Waals surface area (Å²) in [5, 5.41) is 17.9. The molecule has 3 heterocycles. The number of halogens is 1. The molecule has 1 aliphatic rings. The number of amides is 1. The zero-order valence-corrected chi connectivity index (χ0v) is 15.8. The molecule has 0 unspecified atom stereocenters. The SMILES string of the molecule is CC(C)(C)Cc1cc(NC(=O)C2(n3cccn3)CCNCC2)n[nH]1.Cl. The van der Waals surface area contributed by atoms with Crippen LogP contribution in [0.1, 0.15) is 39.3 Å². The van der Waals surface area contributed by atoms with E-state index < -0.39 is 5.54 Å². The Bertz CT molecular complexity index is 682. The van der Waals surface area contributed by atoms with Crippen molar-refractivity contribution in [3.63, 3.8) is 0 Å². The number of aromatic amines is 1. The van der Waals surface area contributed by atoms with Gasteiger partial charge in [-0.05, 0) is 43.8 Å². The van der Waals surface area contributed by atoms with Crippen molar-refractivity contribution in [3.05, 3.63) is 30.2 Å². The van der Waals surface area contributed by atoms with E-state index in [2.05, 4.69) is 46.7 Å². The quantitative estimate of drug-likeness (QED) is 0.775. The van der Waals surface area contributed by atoms with Crippen molar-refractivity contribution in [2.24, 2.45) is 5.41 Å². The van der Waals surface area contributed by atoms with Crippen LogP contribution in [0.15, 0.2) is 24.5 Å². The summed E-state index contributed by atoms with van der Waals surface area (Å²) in [6, 6.07) is 3.77. The van der Waals surface area contributed by atoms with Crippen LogP contribution in [-0.2, 0) is 16.8 Å². The van der Waals surface area contributed by atoms with Gasteiger partial charge in [0.05, 0.1) is 0 Å². The number of rotatable bonds is 4. The summed E-state index contributed by atoms with van der Waals surface area (Å²) in [6.07, 6.45) is 5.87. The van der Waals surface area contributed by atoms with E-state index in [0.29, 0.717) is 18.7 Å². The molecule has 25 heavy (non-hydrogen) atoms. The van der Waals surface area contributed by atoms with Crippen LogP contribution in [0.25, 0.3) is 0 Å². The maximum absolute atomic E-state index is 13.0. The van der Waals surface area contributed by atoms with Crippen LogP contribution in [0.2, 0.25) is 0 Å². The fourth-order valence-corrected chi connectivity index (χ4v) is 3.24. The van der Waals surface area contributed by atoms with E-state index in [0.717, 1.165) is 25.2 Å². The lowest BCUT2D eigenvalue weighted by atomic mass is 9.87. The second-order valence-corrected chi connectivity index (χ2v) is 7.70. The van der Waals surface area contributed by atoms with E-state index in [4.69, 9.17) is 0 Å². The first-order valence-electron chi connectivity index (χ1n) is 8.46. The molecule has 1 saturated heterocycles. The normalized spacial score (nSPS) is 16.9. The minimum atomic E-state index is -0.655. The average Bonchev–Trinajstić information content (AvgIpc) is 3.18. The first-order chi connectivity index (χ1) is 11.4. The summed E-state index contributed by atoms with van der Waals surface area (Å²) in [6.45, 7) is 8.11. The van der Waals surface area contributed by atoms with Gasteiger partial charge in [-0.1, -0.05) is 20.8 Å². The number of nitrogens with one attached hydrogen (secondary N) is 3. The molecule has 2 aromatic rings. The molecule has 8 heteroatoms. The van der Waals surface area contributed by atoms with Crippen LogP contribution >= 0.6 is 12.4 Å². The summed E-state index contributed by atoms with van der Waals surface area (Å²) in [7, 11) is 0. The Morgan fingerprint density at radius 1 is 1.36 bits per heavy atom. The lowest BCUT2D eigenvalue weighted by Crippen LogP contribution is -2.52. The zero-order chi connectivity index (χ0) is 17.2. The molecule has 1 aliphatic heterocycles. The van der Waals surface area contributed by atoms with Gasteiger partial charge in [0, 0.05) is 24.2 Å². The minimum Gasteiger partial charge on any atom is -0.317 e. The van der Waals surface area contributed by atoms with Gasteiger partial charge in [0.15, 0.2) is 5.82 Å². The lowest BCUT2D eigenvalue weighted by Gasteiger charge is -2.36. The fraction of sp³-hybridized carbons (Fsp3) is 0.588. The highest BCUT2D eigenvalue weighted by atomic mass is 35.5. The minimum absolute atomic E-state index is 0. The number of nitrogens with zero attached hydrogens (tertiary/aromatic N) is 3. The molecule has 3 rings (SSSR count). The van der Waals surface area contributed by atoms with Crippen LogP contribution in [0.3, 0.4) is 0 Å². The van der Waals surface area contributed by atoms with Crippen LogP contribution in [0, 0.1) is 5.41 Å². The van der Waals surface area contributed by atoms with Crippen LogP contribution in [0.5, 0.6) is 0 Å². The van der Waals surface area contributed by atoms with E-state index in [1.54, 1.807) is 10.9 Å². The topological polar surface area (TPSA) is 87.6 Å². The first-order valence-corrected chi connectivity index (χ1v) is 8.46. The number of carbonyl (C=O) groups excluding carboxylic acids is 1. The third-order valence-electron chi connectivity index (χ3n) is 4.39. The van der Waals surface area contributed by atoms with Gasteiger partial charge in [-0.25, -0.2) is 0 Å². The third-order valence-corrected chi connectivity index (χ3v) is 4.39. The first kappa shape index (κ1) is 19.5. The van der Waals surface area contributed by atoms with Gasteiger partial charge in [0.25, 0.3) is 5.91 Å². The molecule has 0 radical (unpaired) electrons. The Labute approximate surface area is 154 Å². The van der Waals surface area contributed by atoms with Crippen molar-refractivity contribution in [2.45, 2.75) is 45.6 Å². The third kappa shape index (κ3) is 4.41. The van der Waals surface area contributed by atoms with Gasteiger partial charge in [-0.15, -0.1) is 12.4 Å². The number of aromatic nitrogens is 4. The van der Waals surface area contributed by atoms with E-state index in [-0.39, 0.29) is 23.7 Å². The van der Waals surface area contributed by atoms with Gasteiger partial charge in [-0.2, -0.15) is 10.2 Å². The highest BCUT2D eigenvalue weighted by molar-refractivity contribution is 5.96. The van der Waals surface area contributed by atoms with Gasteiger partial charge in [0.2, 0.25) is 0 Å². The Morgan fingerprint density at radius 2 is 2.08 bits per heavy atom. The van der Waals surface area contributed by atoms with E-state index in [1.807, 2.05) is 18.3 Å². The molecule has 2 aromatic heterocycles. The Morgan fingerprint density at radius 3 is 2.68 bits per heavy atom. The Balaban J connectivity index is 0.00000225. The molecule has 0 bridgehead atoms. The molecule has 138 valence electrons. The van der Waals surface area contributed by atoms with Crippen LogP contribution in [-0.4, -0.2) is 39.0 Å². The molecular formula is C17H27ClN6O. The second-order valence-electron chi connectivity index (χ2n) is 7.70. The number of H-pyrrole nitrogens is 1. The van der Waals surface area contributed by atoms with Gasteiger partial charge >= 0.3 is 0 Å². The average molecular weight is 367 g/mol. The number of anilines is 1. The lowest BCUT2D eigenvalue weighted by molar-refractivity contribution is -0.126. The summed E-state index contributed by atoms with van der Waals surface area (Å²) >= 11 is 0. The molecular weight excluding hydrogens is 340 g/mol. The molecule has 0 aliphatic carbocycles. The van der Waals surface area contributed by atoms with E-state index in [1.165, 1.54) is 0 Å². The van der Waals surface area contributed by atoms with E-state index in [9.17, 15) is 4.79 Å². The summed E-state index contributed by atoms with van der Waals surface area (Å²) in [5.41, 5.74) is 0.535. The summed E-state index contributed by atoms with van der Waals surface area (Å²) < 4.78 is 1.78. The second kappa shape index (κ2) is 7.58. The van der Waals surface area contributed by atoms with Crippen molar-refractivity contribution in [1.29, 1.82) is 0 Å². The van der Waals surface area contributed by atoms with Crippen molar-refractivity contribution < 1.29 is 4.79 Å². The van der Waals surface area contributed by atoms with Crippen LogP contribution in [0.4, 0.5) is 5.82 Å². The monoisotopic (exact) mass is 366 g/mol. The summed E-state index contributed by atoms with van der Waals surface area (Å²) in [4.78, 5) is 13.0. The molecule has 3 N–H and O–H groups in total.